The number of fused-ring (bicyclic) bond motifs is 1. The molecule has 0 spiro atoms. The molecule has 0 bridgehead atoms. The van der Waals surface area contributed by atoms with Crippen molar-refractivity contribution in [1.29, 1.82) is 0 Å². The first-order valence-corrected chi connectivity index (χ1v) is 7.23. The van der Waals surface area contributed by atoms with Gasteiger partial charge < -0.3 is 9.88 Å². The number of imidazole rings is 1. The van der Waals surface area contributed by atoms with Crippen LogP contribution in [-0.4, -0.2) is 39.6 Å². The first-order chi connectivity index (χ1) is 9.31. The summed E-state index contributed by atoms with van der Waals surface area (Å²) in [4.78, 5) is 7.32. The molecule has 1 N–H and O–H groups in total. The summed E-state index contributed by atoms with van der Waals surface area (Å²) in [6.45, 7) is 2.42. The van der Waals surface area contributed by atoms with Crippen LogP contribution in [0.3, 0.4) is 0 Å². The van der Waals surface area contributed by atoms with Gasteiger partial charge >= 0.3 is 0 Å². The number of benzene rings is 1. The van der Waals surface area contributed by atoms with Gasteiger partial charge in [-0.1, -0.05) is 12.1 Å². The molecule has 1 atom stereocenters. The van der Waals surface area contributed by atoms with Crippen LogP contribution < -0.4 is 5.32 Å². The summed E-state index contributed by atoms with van der Waals surface area (Å²) < 4.78 is 2.16. The van der Waals surface area contributed by atoms with Gasteiger partial charge in [0.1, 0.15) is 0 Å². The van der Waals surface area contributed by atoms with E-state index in [0.717, 1.165) is 17.5 Å². The SMILES string of the molecule is Cn1c(NC2CCN(C3CC3)C2)nc2ccccc21. The molecule has 1 aromatic carbocycles. The topological polar surface area (TPSA) is 33.1 Å². The number of rotatable bonds is 3. The van der Waals surface area contributed by atoms with Crippen molar-refractivity contribution in [3.63, 3.8) is 0 Å². The molecule has 1 saturated carbocycles. The molecule has 4 nitrogen and oxygen atoms in total. The molecular formula is C15H20N4. The van der Waals surface area contributed by atoms with Gasteiger partial charge in [0.2, 0.25) is 5.95 Å². The zero-order chi connectivity index (χ0) is 12.8. The summed E-state index contributed by atoms with van der Waals surface area (Å²) in [6, 6.07) is 9.75. The lowest BCUT2D eigenvalue weighted by Crippen LogP contribution is -2.28. The Kier molecular flexibility index (Phi) is 2.52. The molecule has 2 aromatic rings. The zero-order valence-corrected chi connectivity index (χ0v) is 11.3. The number of nitrogens with zero attached hydrogens (tertiary/aromatic N) is 3. The molecule has 1 aromatic heterocycles. The second-order valence-corrected chi connectivity index (χ2v) is 5.84. The summed E-state index contributed by atoms with van der Waals surface area (Å²) >= 11 is 0. The molecule has 0 amide bonds. The first-order valence-electron chi connectivity index (χ1n) is 7.23. The smallest absolute Gasteiger partial charge is 0.203 e. The zero-order valence-electron chi connectivity index (χ0n) is 11.3. The molecular weight excluding hydrogens is 236 g/mol. The number of anilines is 1. The van der Waals surface area contributed by atoms with Crippen LogP contribution in [0.5, 0.6) is 0 Å². The van der Waals surface area contributed by atoms with Crippen molar-refractivity contribution in [3.05, 3.63) is 24.3 Å². The summed E-state index contributed by atoms with van der Waals surface area (Å²) in [6.07, 6.45) is 4.04. The Morgan fingerprint density at radius 2 is 2.05 bits per heavy atom. The van der Waals surface area contributed by atoms with Crippen LogP contribution in [0.4, 0.5) is 5.95 Å². The molecule has 2 fully saturated rings. The van der Waals surface area contributed by atoms with Gasteiger partial charge in [-0.3, -0.25) is 4.90 Å². The molecule has 1 saturated heterocycles. The van der Waals surface area contributed by atoms with E-state index < -0.39 is 0 Å². The fourth-order valence-corrected chi connectivity index (χ4v) is 3.13. The van der Waals surface area contributed by atoms with Crippen molar-refractivity contribution in [3.8, 4) is 0 Å². The standard InChI is InChI=1S/C15H20N4/c1-18-14-5-3-2-4-13(14)17-15(18)16-11-8-9-19(10-11)12-6-7-12/h2-5,11-12H,6-10H2,1H3,(H,16,17). The number of para-hydroxylation sites is 2. The lowest BCUT2D eigenvalue weighted by Gasteiger charge is -2.16. The van der Waals surface area contributed by atoms with E-state index >= 15 is 0 Å². The summed E-state index contributed by atoms with van der Waals surface area (Å²) in [5.41, 5.74) is 2.27. The maximum atomic E-state index is 4.69. The highest BCUT2D eigenvalue weighted by Crippen LogP contribution is 2.30. The van der Waals surface area contributed by atoms with Crippen LogP contribution in [0.2, 0.25) is 0 Å². The highest BCUT2D eigenvalue weighted by molar-refractivity contribution is 5.78. The van der Waals surface area contributed by atoms with Crippen LogP contribution in [-0.2, 0) is 7.05 Å². The van der Waals surface area contributed by atoms with Crippen LogP contribution in [0.15, 0.2) is 24.3 Å². The van der Waals surface area contributed by atoms with E-state index in [4.69, 9.17) is 4.98 Å². The quantitative estimate of drug-likeness (QED) is 0.914. The fraction of sp³-hybridized carbons (Fsp3) is 0.533. The molecule has 1 aliphatic carbocycles. The number of nitrogens with one attached hydrogen (secondary N) is 1. The van der Waals surface area contributed by atoms with Crippen molar-refractivity contribution in [1.82, 2.24) is 14.5 Å². The maximum absolute atomic E-state index is 4.69. The van der Waals surface area contributed by atoms with E-state index in [0.29, 0.717) is 6.04 Å². The van der Waals surface area contributed by atoms with Crippen LogP contribution in [0, 0.1) is 0 Å². The van der Waals surface area contributed by atoms with Gasteiger partial charge in [0.15, 0.2) is 0 Å². The second kappa shape index (κ2) is 4.23. The van der Waals surface area contributed by atoms with Crippen molar-refractivity contribution in [2.24, 2.45) is 7.05 Å². The van der Waals surface area contributed by atoms with E-state index in [1.807, 2.05) is 6.07 Å². The summed E-state index contributed by atoms with van der Waals surface area (Å²) in [7, 11) is 2.09. The minimum absolute atomic E-state index is 0.552. The third-order valence-electron chi connectivity index (χ3n) is 4.40. The number of aryl methyl sites for hydroxylation is 1. The van der Waals surface area contributed by atoms with Gasteiger partial charge in [-0.25, -0.2) is 4.98 Å². The third-order valence-corrected chi connectivity index (χ3v) is 4.40. The Hall–Kier alpha value is -1.55. The monoisotopic (exact) mass is 256 g/mol. The molecule has 19 heavy (non-hydrogen) atoms. The minimum atomic E-state index is 0.552. The second-order valence-electron chi connectivity index (χ2n) is 5.84. The van der Waals surface area contributed by atoms with Crippen LogP contribution >= 0.6 is 0 Å². The van der Waals surface area contributed by atoms with E-state index in [9.17, 15) is 0 Å². The maximum Gasteiger partial charge on any atom is 0.203 e. The summed E-state index contributed by atoms with van der Waals surface area (Å²) in [5.74, 6) is 1.00. The van der Waals surface area contributed by atoms with Crippen LogP contribution in [0.25, 0.3) is 11.0 Å². The predicted octanol–water partition coefficient (Wildman–Crippen LogP) is 2.22. The van der Waals surface area contributed by atoms with E-state index in [1.54, 1.807) is 0 Å². The number of hydrogen-bond donors (Lipinski definition) is 1. The first kappa shape index (κ1) is 11.3. The third kappa shape index (κ3) is 2.00. The predicted molar refractivity (Wildman–Crippen MR) is 77.3 cm³/mol. The molecule has 2 heterocycles. The molecule has 4 heteroatoms. The lowest BCUT2D eigenvalue weighted by molar-refractivity contribution is 0.326. The lowest BCUT2D eigenvalue weighted by atomic mass is 10.3. The summed E-state index contributed by atoms with van der Waals surface area (Å²) in [5, 5.41) is 3.62. The average molecular weight is 256 g/mol. The highest BCUT2D eigenvalue weighted by atomic mass is 15.3. The molecule has 4 rings (SSSR count). The van der Waals surface area contributed by atoms with Crippen molar-refractivity contribution >= 4 is 17.0 Å². The Morgan fingerprint density at radius 3 is 2.84 bits per heavy atom. The van der Waals surface area contributed by atoms with Gasteiger partial charge in [-0.05, 0) is 31.4 Å². The largest absolute Gasteiger partial charge is 0.352 e. The van der Waals surface area contributed by atoms with Crippen molar-refractivity contribution in [2.45, 2.75) is 31.3 Å². The van der Waals surface area contributed by atoms with Crippen LogP contribution in [0.1, 0.15) is 19.3 Å². The van der Waals surface area contributed by atoms with Crippen molar-refractivity contribution in [2.75, 3.05) is 18.4 Å². The van der Waals surface area contributed by atoms with Gasteiger partial charge in [0.05, 0.1) is 11.0 Å². The average Bonchev–Trinajstić information content (AvgIpc) is 3.10. The fourth-order valence-electron chi connectivity index (χ4n) is 3.13. The van der Waals surface area contributed by atoms with Gasteiger partial charge in [0, 0.05) is 32.2 Å². The minimum Gasteiger partial charge on any atom is -0.352 e. The van der Waals surface area contributed by atoms with Crippen molar-refractivity contribution < 1.29 is 0 Å². The number of aromatic nitrogens is 2. The Labute approximate surface area is 113 Å². The molecule has 1 unspecified atom stereocenters. The molecule has 1 aliphatic heterocycles. The van der Waals surface area contributed by atoms with E-state index in [1.165, 1.54) is 37.9 Å². The molecule has 100 valence electrons. The number of likely N-dealkylation sites (tertiary alicyclic amines) is 1. The van der Waals surface area contributed by atoms with Gasteiger partial charge in [-0.15, -0.1) is 0 Å². The molecule has 0 radical (unpaired) electrons. The van der Waals surface area contributed by atoms with Gasteiger partial charge in [-0.2, -0.15) is 0 Å². The Bertz CT molecular complexity index is 599. The Balaban J connectivity index is 1.53. The van der Waals surface area contributed by atoms with E-state index in [2.05, 4.69) is 40.0 Å². The number of hydrogen-bond acceptors (Lipinski definition) is 3. The van der Waals surface area contributed by atoms with E-state index in [-0.39, 0.29) is 0 Å². The van der Waals surface area contributed by atoms with Gasteiger partial charge in [0.25, 0.3) is 0 Å². The normalized spacial score (nSPS) is 24.2. The highest BCUT2D eigenvalue weighted by Gasteiger charge is 2.34. The molecule has 2 aliphatic rings. The Morgan fingerprint density at radius 1 is 1.21 bits per heavy atom.